The van der Waals surface area contributed by atoms with E-state index >= 15 is 0 Å². The summed E-state index contributed by atoms with van der Waals surface area (Å²) >= 11 is 0. The molecule has 0 saturated carbocycles. The van der Waals surface area contributed by atoms with Crippen molar-refractivity contribution < 1.29 is 8.91 Å². The largest absolute Gasteiger partial charge is 0.356 e. The van der Waals surface area contributed by atoms with Crippen LogP contribution in [0.5, 0.6) is 0 Å². The summed E-state index contributed by atoms with van der Waals surface area (Å²) in [5.74, 6) is -0.294. The van der Waals surface area contributed by atoms with Crippen molar-refractivity contribution >= 4 is 11.0 Å². The molecule has 2 heterocycles. The first-order valence-corrected chi connectivity index (χ1v) is 7.34. The number of hydrazine groups is 1. The summed E-state index contributed by atoms with van der Waals surface area (Å²) in [4.78, 5) is 0. The number of hydrogen-bond donors (Lipinski definition) is 1. The molecule has 1 saturated heterocycles. The maximum Gasteiger partial charge on any atom is 0.170 e. The quantitative estimate of drug-likeness (QED) is 0.930. The highest BCUT2D eigenvalue weighted by Crippen LogP contribution is 2.26. The van der Waals surface area contributed by atoms with E-state index in [4.69, 9.17) is 4.52 Å². The van der Waals surface area contributed by atoms with Gasteiger partial charge in [0, 0.05) is 24.5 Å². The number of aromatic nitrogens is 1. The summed E-state index contributed by atoms with van der Waals surface area (Å²) in [6.07, 6.45) is 4.68. The van der Waals surface area contributed by atoms with Gasteiger partial charge in [-0.25, -0.2) is 14.8 Å². The topological polar surface area (TPSA) is 41.3 Å². The van der Waals surface area contributed by atoms with E-state index < -0.39 is 0 Å². The molecule has 1 aromatic heterocycles. The van der Waals surface area contributed by atoms with E-state index in [1.54, 1.807) is 6.07 Å². The second-order valence-electron chi connectivity index (χ2n) is 5.35. The molecule has 2 aromatic rings. The highest BCUT2D eigenvalue weighted by atomic mass is 19.1. The van der Waals surface area contributed by atoms with Crippen LogP contribution in [0.2, 0.25) is 0 Å². The fourth-order valence-corrected chi connectivity index (χ4v) is 2.77. The minimum Gasteiger partial charge on any atom is -0.356 e. The molecule has 0 spiro atoms. The van der Waals surface area contributed by atoms with Crippen molar-refractivity contribution in [1.82, 2.24) is 15.6 Å². The van der Waals surface area contributed by atoms with Gasteiger partial charge in [-0.15, -0.1) is 0 Å². The second-order valence-corrected chi connectivity index (χ2v) is 5.35. The lowest BCUT2D eigenvalue weighted by atomic mass is 10.1. The van der Waals surface area contributed by atoms with Crippen LogP contribution in [0, 0.1) is 5.82 Å². The van der Waals surface area contributed by atoms with E-state index in [1.165, 1.54) is 31.4 Å². The van der Waals surface area contributed by atoms with Gasteiger partial charge in [0.05, 0.1) is 6.04 Å². The fourth-order valence-electron chi connectivity index (χ4n) is 2.77. The summed E-state index contributed by atoms with van der Waals surface area (Å²) in [6, 6.07) is 4.70. The van der Waals surface area contributed by atoms with Crippen molar-refractivity contribution in [3.05, 3.63) is 29.7 Å². The van der Waals surface area contributed by atoms with Crippen LogP contribution in [-0.4, -0.2) is 23.3 Å². The summed E-state index contributed by atoms with van der Waals surface area (Å²) in [5.41, 5.74) is 4.91. The molecule has 1 atom stereocenters. The molecule has 1 unspecified atom stereocenters. The zero-order valence-electron chi connectivity index (χ0n) is 11.7. The molecule has 0 bridgehead atoms. The van der Waals surface area contributed by atoms with Gasteiger partial charge in [0.15, 0.2) is 5.58 Å². The minimum absolute atomic E-state index is 0.111. The van der Waals surface area contributed by atoms with E-state index in [0.29, 0.717) is 5.58 Å². The third kappa shape index (κ3) is 2.69. The fraction of sp³-hybridized carbons (Fsp3) is 0.533. The SMILES string of the molecule is CCC(NN1CCCCC1)c1noc2cc(F)ccc12. The van der Waals surface area contributed by atoms with Crippen LogP contribution < -0.4 is 5.43 Å². The van der Waals surface area contributed by atoms with Gasteiger partial charge in [-0.1, -0.05) is 18.5 Å². The van der Waals surface area contributed by atoms with Gasteiger partial charge >= 0.3 is 0 Å². The second kappa shape index (κ2) is 5.89. The molecule has 108 valence electrons. The van der Waals surface area contributed by atoms with E-state index in [-0.39, 0.29) is 11.9 Å². The molecule has 0 amide bonds. The van der Waals surface area contributed by atoms with Gasteiger partial charge in [-0.2, -0.15) is 0 Å². The third-order valence-electron chi connectivity index (χ3n) is 3.89. The molecule has 20 heavy (non-hydrogen) atoms. The van der Waals surface area contributed by atoms with E-state index in [2.05, 4.69) is 22.5 Å². The van der Waals surface area contributed by atoms with Crippen LogP contribution in [0.15, 0.2) is 22.7 Å². The Morgan fingerprint density at radius 1 is 1.35 bits per heavy atom. The van der Waals surface area contributed by atoms with Gasteiger partial charge in [0.25, 0.3) is 0 Å². The number of hydrogen-bond acceptors (Lipinski definition) is 4. The maximum atomic E-state index is 13.2. The molecule has 1 aliphatic heterocycles. The number of nitrogens with zero attached hydrogens (tertiary/aromatic N) is 2. The third-order valence-corrected chi connectivity index (χ3v) is 3.89. The van der Waals surface area contributed by atoms with Gasteiger partial charge in [-0.3, -0.25) is 0 Å². The number of benzene rings is 1. The zero-order chi connectivity index (χ0) is 13.9. The highest BCUT2D eigenvalue weighted by molar-refractivity contribution is 5.79. The Morgan fingerprint density at radius 3 is 2.90 bits per heavy atom. The number of rotatable bonds is 4. The molecular weight excluding hydrogens is 257 g/mol. The van der Waals surface area contributed by atoms with Crippen molar-refractivity contribution in [2.45, 2.75) is 38.6 Å². The Morgan fingerprint density at radius 2 is 2.15 bits per heavy atom. The van der Waals surface area contributed by atoms with Crippen LogP contribution >= 0.6 is 0 Å². The predicted molar refractivity (Wildman–Crippen MR) is 75.6 cm³/mol. The summed E-state index contributed by atoms with van der Waals surface area (Å²) in [7, 11) is 0. The van der Waals surface area contributed by atoms with Gasteiger partial charge in [0.1, 0.15) is 11.5 Å². The molecular formula is C15H20FN3O. The van der Waals surface area contributed by atoms with Gasteiger partial charge in [0.2, 0.25) is 0 Å². The van der Waals surface area contributed by atoms with Gasteiger partial charge in [-0.05, 0) is 31.4 Å². The summed E-state index contributed by atoms with van der Waals surface area (Å²) < 4.78 is 18.4. The van der Waals surface area contributed by atoms with Crippen LogP contribution in [-0.2, 0) is 0 Å². The summed E-state index contributed by atoms with van der Waals surface area (Å²) in [5, 5.41) is 7.30. The Balaban J connectivity index is 1.83. The Bertz CT molecular complexity index is 578. The standard InChI is InChI=1S/C15H20FN3O/c1-2-13(17-19-8-4-3-5-9-19)15-12-7-6-11(16)10-14(12)20-18-15/h6-7,10,13,17H,2-5,8-9H2,1H3. The lowest BCUT2D eigenvalue weighted by molar-refractivity contribution is 0.124. The molecule has 3 rings (SSSR count). The average molecular weight is 277 g/mol. The summed E-state index contributed by atoms with van der Waals surface area (Å²) in [6.45, 7) is 4.26. The van der Waals surface area contributed by atoms with Crippen LogP contribution in [0.1, 0.15) is 44.3 Å². The Kier molecular flexibility index (Phi) is 3.98. The molecule has 1 aromatic carbocycles. The number of nitrogens with one attached hydrogen (secondary N) is 1. The highest BCUT2D eigenvalue weighted by Gasteiger charge is 2.21. The van der Waals surface area contributed by atoms with Crippen molar-refractivity contribution in [2.75, 3.05) is 13.1 Å². The zero-order valence-corrected chi connectivity index (χ0v) is 11.7. The number of fused-ring (bicyclic) bond motifs is 1. The smallest absolute Gasteiger partial charge is 0.170 e. The molecule has 0 radical (unpaired) electrons. The number of piperidine rings is 1. The average Bonchev–Trinajstić information content (AvgIpc) is 2.88. The monoisotopic (exact) mass is 277 g/mol. The molecule has 1 fully saturated rings. The molecule has 4 nitrogen and oxygen atoms in total. The Hall–Kier alpha value is -1.46. The molecule has 1 N–H and O–H groups in total. The van der Waals surface area contributed by atoms with Gasteiger partial charge < -0.3 is 4.52 Å². The first kappa shape index (κ1) is 13.5. The Labute approximate surface area is 117 Å². The van der Waals surface area contributed by atoms with Crippen LogP contribution in [0.3, 0.4) is 0 Å². The molecule has 0 aliphatic carbocycles. The maximum absolute atomic E-state index is 13.2. The lowest BCUT2D eigenvalue weighted by Gasteiger charge is -2.30. The molecule has 5 heteroatoms. The van der Waals surface area contributed by atoms with E-state index in [0.717, 1.165) is 30.6 Å². The van der Waals surface area contributed by atoms with Crippen LogP contribution in [0.25, 0.3) is 11.0 Å². The van der Waals surface area contributed by atoms with Crippen molar-refractivity contribution in [2.24, 2.45) is 0 Å². The van der Waals surface area contributed by atoms with Crippen molar-refractivity contribution in [3.63, 3.8) is 0 Å². The normalized spacial score (nSPS) is 18.5. The van der Waals surface area contributed by atoms with Crippen molar-refractivity contribution in [1.29, 1.82) is 0 Å². The van der Waals surface area contributed by atoms with E-state index in [9.17, 15) is 4.39 Å². The van der Waals surface area contributed by atoms with Crippen molar-refractivity contribution in [3.8, 4) is 0 Å². The lowest BCUT2D eigenvalue weighted by Crippen LogP contribution is -2.43. The number of halogens is 1. The first-order valence-electron chi connectivity index (χ1n) is 7.34. The van der Waals surface area contributed by atoms with E-state index in [1.807, 2.05) is 0 Å². The predicted octanol–water partition coefficient (Wildman–Crippen LogP) is 3.41. The first-order chi connectivity index (χ1) is 9.78. The molecule has 1 aliphatic rings. The van der Waals surface area contributed by atoms with Crippen LogP contribution in [0.4, 0.5) is 4.39 Å². The minimum atomic E-state index is -0.294.